The third-order valence-electron chi connectivity index (χ3n) is 6.69. The second-order valence-electron chi connectivity index (χ2n) is 9.04. The van der Waals surface area contributed by atoms with Gasteiger partial charge in [0, 0.05) is 24.5 Å². The quantitative estimate of drug-likeness (QED) is 0.394. The molecule has 2 aromatic heterocycles. The summed E-state index contributed by atoms with van der Waals surface area (Å²) in [7, 11) is 3.05. The van der Waals surface area contributed by atoms with Crippen LogP contribution in [-0.4, -0.2) is 73.5 Å². The van der Waals surface area contributed by atoms with E-state index in [4.69, 9.17) is 47.4 Å². The van der Waals surface area contributed by atoms with E-state index in [1.165, 1.54) is 20.3 Å². The summed E-state index contributed by atoms with van der Waals surface area (Å²) in [6.45, 7) is 6.09. The Balaban J connectivity index is 1.58. The molecule has 0 radical (unpaired) electrons. The number of nitrogens with one attached hydrogen (secondary N) is 2. The minimum Gasteiger partial charge on any atom is -0.495 e. The summed E-state index contributed by atoms with van der Waals surface area (Å²) in [6, 6.07) is 3.20. The van der Waals surface area contributed by atoms with Gasteiger partial charge in [0.1, 0.15) is 23.1 Å². The number of carbonyl (C=O) groups excluding carboxylic acids is 1. The van der Waals surface area contributed by atoms with Gasteiger partial charge in [-0.2, -0.15) is 0 Å². The van der Waals surface area contributed by atoms with Gasteiger partial charge in [-0.1, -0.05) is 29.8 Å². The molecule has 5 rings (SSSR count). The van der Waals surface area contributed by atoms with Gasteiger partial charge in [-0.3, -0.25) is 4.79 Å². The molecule has 1 amide bonds. The highest BCUT2D eigenvalue weighted by molar-refractivity contribution is 6.41. The monoisotopic (exact) mass is 558 g/mol. The zero-order chi connectivity index (χ0) is 26.8. The van der Waals surface area contributed by atoms with E-state index >= 15 is 0 Å². The highest BCUT2D eigenvalue weighted by atomic mass is 35.5. The lowest BCUT2D eigenvalue weighted by Gasteiger charge is -2.22. The summed E-state index contributed by atoms with van der Waals surface area (Å²) in [6.07, 6.45) is 5.07. The Bertz CT molecular complexity index is 1350. The van der Waals surface area contributed by atoms with Crippen molar-refractivity contribution in [2.24, 2.45) is 0 Å². The number of fused-ring (bicyclic) bond motifs is 1. The topological polar surface area (TPSA) is 111 Å². The van der Waals surface area contributed by atoms with Crippen LogP contribution in [-0.2, 0) is 9.53 Å². The summed E-state index contributed by atoms with van der Waals surface area (Å²) in [5, 5.41) is 7.71. The second kappa shape index (κ2) is 11.2. The summed E-state index contributed by atoms with van der Waals surface area (Å²) in [4.78, 5) is 28.4. The van der Waals surface area contributed by atoms with Crippen LogP contribution in [0.2, 0.25) is 10.0 Å². The van der Waals surface area contributed by atoms with E-state index in [0.717, 1.165) is 37.1 Å². The Labute approximate surface area is 230 Å². The first-order chi connectivity index (χ1) is 18.4. The molecule has 38 heavy (non-hydrogen) atoms. The molecule has 2 saturated heterocycles. The summed E-state index contributed by atoms with van der Waals surface area (Å²) >= 11 is 13.4. The van der Waals surface area contributed by atoms with Gasteiger partial charge < -0.3 is 29.7 Å². The fourth-order valence-electron chi connectivity index (χ4n) is 4.73. The Hall–Kier alpha value is -3.34. The van der Waals surface area contributed by atoms with Crippen molar-refractivity contribution >= 4 is 51.6 Å². The maximum absolute atomic E-state index is 11.8. The number of ether oxygens (including phenoxy) is 3. The molecule has 2 fully saturated rings. The molecule has 10 nitrogen and oxygen atoms in total. The average molecular weight is 559 g/mol. The number of pyridine rings is 1. The third-order valence-corrected chi connectivity index (χ3v) is 7.44. The molecular formula is C26H28Cl2N6O4. The van der Waals surface area contributed by atoms with Crippen LogP contribution in [0.3, 0.4) is 0 Å². The highest BCUT2D eigenvalue weighted by Crippen LogP contribution is 2.45. The van der Waals surface area contributed by atoms with Gasteiger partial charge in [-0.25, -0.2) is 15.0 Å². The van der Waals surface area contributed by atoms with Crippen molar-refractivity contribution in [2.75, 3.05) is 50.7 Å². The minimum atomic E-state index is -0.248. The van der Waals surface area contributed by atoms with Crippen molar-refractivity contribution in [2.45, 2.75) is 24.9 Å². The fraction of sp³-hybridized carbons (Fsp3) is 0.385. The van der Waals surface area contributed by atoms with E-state index in [2.05, 4.69) is 27.1 Å². The normalized spacial score (nSPS) is 19.0. The molecule has 0 saturated carbocycles. The summed E-state index contributed by atoms with van der Waals surface area (Å²) in [5.74, 6) is 2.31. The molecule has 2 aliphatic heterocycles. The van der Waals surface area contributed by atoms with Crippen molar-refractivity contribution in [1.82, 2.24) is 20.3 Å². The number of anilines is 2. The van der Waals surface area contributed by atoms with Crippen molar-refractivity contribution in [1.29, 1.82) is 0 Å². The lowest BCUT2D eigenvalue weighted by Crippen LogP contribution is -2.45. The van der Waals surface area contributed by atoms with E-state index < -0.39 is 0 Å². The molecule has 1 aromatic carbocycles. The lowest BCUT2D eigenvalue weighted by atomic mass is 10.1. The smallest absolute Gasteiger partial charge is 0.243 e. The largest absolute Gasteiger partial charge is 0.495 e. The number of benzene rings is 1. The first-order valence-electron chi connectivity index (χ1n) is 12.2. The zero-order valence-electron chi connectivity index (χ0n) is 21.1. The molecule has 0 spiro atoms. The van der Waals surface area contributed by atoms with Crippen molar-refractivity contribution in [3.63, 3.8) is 0 Å². The molecular weight excluding hydrogens is 531 g/mol. The molecule has 2 N–H and O–H groups in total. The molecule has 4 heterocycles. The fourth-order valence-corrected chi connectivity index (χ4v) is 5.40. The second-order valence-corrected chi connectivity index (χ2v) is 9.80. The molecule has 2 atom stereocenters. The van der Waals surface area contributed by atoms with Crippen LogP contribution >= 0.6 is 23.2 Å². The van der Waals surface area contributed by atoms with Gasteiger partial charge in [0.05, 0.1) is 66.8 Å². The summed E-state index contributed by atoms with van der Waals surface area (Å²) in [5.41, 5.74) is 1.06. The molecule has 0 bridgehead atoms. The number of halogens is 2. The number of carbonyl (C=O) groups is 1. The number of rotatable bonds is 8. The van der Waals surface area contributed by atoms with Crippen LogP contribution in [0.5, 0.6) is 11.5 Å². The lowest BCUT2D eigenvalue weighted by molar-refractivity contribution is -0.117. The Kier molecular flexibility index (Phi) is 7.73. The zero-order valence-corrected chi connectivity index (χ0v) is 22.6. The number of aromatic nitrogens is 3. The Morgan fingerprint density at radius 2 is 1.79 bits per heavy atom. The molecule has 200 valence electrons. The van der Waals surface area contributed by atoms with Gasteiger partial charge in [0.25, 0.3) is 0 Å². The molecule has 2 aliphatic rings. The van der Waals surface area contributed by atoms with Gasteiger partial charge in [0.15, 0.2) is 5.82 Å². The van der Waals surface area contributed by atoms with Crippen molar-refractivity contribution in [3.05, 3.63) is 41.0 Å². The number of nitrogens with zero attached hydrogens (tertiary/aromatic N) is 4. The van der Waals surface area contributed by atoms with Crippen molar-refractivity contribution < 1.29 is 19.0 Å². The van der Waals surface area contributed by atoms with E-state index in [1.54, 1.807) is 12.3 Å². The van der Waals surface area contributed by atoms with Crippen LogP contribution in [0.25, 0.3) is 22.3 Å². The predicted molar refractivity (Wildman–Crippen MR) is 148 cm³/mol. The van der Waals surface area contributed by atoms with Gasteiger partial charge in [0.2, 0.25) is 5.91 Å². The Morgan fingerprint density at radius 1 is 1.11 bits per heavy atom. The van der Waals surface area contributed by atoms with Gasteiger partial charge in [-0.05, 0) is 25.0 Å². The maximum atomic E-state index is 11.8. The standard InChI is InChI=1S/C26H28Cl2N6O4/c1-4-21(35)31-17-13-38-12-16(17)30-20-9-14-15(11-29-20)32-25(33-26(14)34-7-5-6-8-34)22-23(27)18(36-2)10-19(37-3)24(22)28/h4,9-11,16-17H,1,5-8,12-13H2,2-3H3,(H,29,30)(H,31,35)/t16-,17+/m1/s1. The number of amides is 1. The van der Waals surface area contributed by atoms with Crippen LogP contribution in [0.1, 0.15) is 12.8 Å². The van der Waals surface area contributed by atoms with Crippen molar-refractivity contribution in [3.8, 4) is 22.9 Å². The SMILES string of the molecule is C=CC(=O)N[C@H]1COC[C@H]1Nc1cc2c(N3CCCC3)nc(-c3c(Cl)c(OC)cc(OC)c3Cl)nc2cn1. The molecule has 12 heteroatoms. The first-order valence-corrected chi connectivity index (χ1v) is 13.0. The number of hydrogen-bond acceptors (Lipinski definition) is 9. The minimum absolute atomic E-state index is 0.152. The maximum Gasteiger partial charge on any atom is 0.243 e. The third kappa shape index (κ3) is 5.03. The van der Waals surface area contributed by atoms with E-state index in [-0.39, 0.29) is 18.0 Å². The molecule has 3 aromatic rings. The van der Waals surface area contributed by atoms with E-state index in [9.17, 15) is 4.79 Å². The molecule has 0 aliphatic carbocycles. The number of hydrogen-bond donors (Lipinski definition) is 2. The molecule has 0 unspecified atom stereocenters. The summed E-state index contributed by atoms with van der Waals surface area (Å²) < 4.78 is 16.5. The van der Waals surface area contributed by atoms with Crippen LogP contribution in [0.15, 0.2) is 31.0 Å². The number of methoxy groups -OCH3 is 2. The Morgan fingerprint density at radius 3 is 2.45 bits per heavy atom. The average Bonchev–Trinajstić information content (AvgIpc) is 3.61. The van der Waals surface area contributed by atoms with Crippen LogP contribution in [0.4, 0.5) is 11.6 Å². The van der Waals surface area contributed by atoms with Gasteiger partial charge in [-0.15, -0.1) is 0 Å². The van der Waals surface area contributed by atoms with Crippen LogP contribution < -0.4 is 25.0 Å². The predicted octanol–water partition coefficient (Wildman–Crippen LogP) is 4.10. The van der Waals surface area contributed by atoms with Gasteiger partial charge >= 0.3 is 0 Å². The van der Waals surface area contributed by atoms with Crippen LogP contribution in [0, 0.1) is 0 Å². The first kappa shape index (κ1) is 26.3. The van der Waals surface area contributed by atoms with E-state index in [1.807, 2.05) is 6.07 Å². The van der Waals surface area contributed by atoms with E-state index in [0.29, 0.717) is 57.5 Å². The highest BCUT2D eigenvalue weighted by Gasteiger charge is 2.30.